The smallest absolute Gasteiger partial charge is 0.252 e. The highest BCUT2D eigenvalue weighted by atomic mass is 32.2. The van der Waals surface area contributed by atoms with Crippen molar-refractivity contribution in [1.82, 2.24) is 9.62 Å². The van der Waals surface area contributed by atoms with Gasteiger partial charge in [0.05, 0.1) is 12.1 Å². The highest BCUT2D eigenvalue weighted by Gasteiger charge is 2.35. The van der Waals surface area contributed by atoms with Crippen LogP contribution in [0.2, 0.25) is 0 Å². The number of thiophene rings is 1. The van der Waals surface area contributed by atoms with E-state index in [0.717, 1.165) is 11.3 Å². The van der Waals surface area contributed by atoms with Gasteiger partial charge < -0.3 is 10.1 Å². The molecular weight excluding hydrogens is 308 g/mol. The first-order chi connectivity index (χ1) is 9.82. The van der Waals surface area contributed by atoms with Crippen molar-refractivity contribution < 1.29 is 13.2 Å². The molecule has 2 heterocycles. The highest BCUT2D eigenvalue weighted by Crippen LogP contribution is 2.29. The number of sulfonamides is 1. The van der Waals surface area contributed by atoms with Gasteiger partial charge in [0.2, 0.25) is 0 Å². The molecular formula is C14H24N2O3S2. The Labute approximate surface area is 131 Å². The lowest BCUT2D eigenvalue weighted by molar-refractivity contribution is 0.102. The summed E-state index contributed by atoms with van der Waals surface area (Å²) in [6.45, 7) is 7.39. The van der Waals surface area contributed by atoms with Crippen LogP contribution in [0.15, 0.2) is 16.3 Å². The maximum Gasteiger partial charge on any atom is 0.252 e. The molecule has 2 unspecified atom stereocenters. The summed E-state index contributed by atoms with van der Waals surface area (Å²) >= 11 is 1.34. The summed E-state index contributed by atoms with van der Waals surface area (Å²) in [6, 6.07) is 3.89. The first-order valence-corrected chi connectivity index (χ1v) is 9.49. The van der Waals surface area contributed by atoms with E-state index in [1.165, 1.54) is 15.6 Å². The average Bonchev–Trinajstić information content (AvgIpc) is 3.04. The van der Waals surface area contributed by atoms with Gasteiger partial charge in [0.1, 0.15) is 4.21 Å². The standard InChI is InChI=1S/C14H24N2O3S2/c1-10(2)15-9-12-5-6-14(20-12)21(17,18)16(4)13-7-8-19-11(13)3/h5-6,10-11,13,15H,7-9H2,1-4H3. The third kappa shape index (κ3) is 3.84. The second kappa shape index (κ2) is 6.75. The van der Waals surface area contributed by atoms with Crippen molar-refractivity contribution in [2.75, 3.05) is 13.7 Å². The Morgan fingerprint density at radius 2 is 2.19 bits per heavy atom. The minimum atomic E-state index is -3.43. The fraction of sp³-hybridized carbons (Fsp3) is 0.714. The molecule has 1 aromatic rings. The van der Waals surface area contributed by atoms with E-state index in [4.69, 9.17) is 4.74 Å². The molecule has 1 N–H and O–H groups in total. The van der Waals surface area contributed by atoms with Gasteiger partial charge in [-0.05, 0) is 25.5 Å². The van der Waals surface area contributed by atoms with Crippen LogP contribution in [0.25, 0.3) is 0 Å². The van der Waals surface area contributed by atoms with Gasteiger partial charge in [-0.2, -0.15) is 4.31 Å². The van der Waals surface area contributed by atoms with Gasteiger partial charge >= 0.3 is 0 Å². The zero-order valence-corrected chi connectivity index (χ0v) is 14.6. The van der Waals surface area contributed by atoms with Gasteiger partial charge in [-0.25, -0.2) is 8.42 Å². The molecule has 1 fully saturated rings. The second-order valence-electron chi connectivity index (χ2n) is 5.71. The maximum absolute atomic E-state index is 12.7. The molecule has 21 heavy (non-hydrogen) atoms. The van der Waals surface area contributed by atoms with Crippen molar-refractivity contribution >= 4 is 21.4 Å². The monoisotopic (exact) mass is 332 g/mol. The van der Waals surface area contributed by atoms with Crippen LogP contribution in [0.5, 0.6) is 0 Å². The van der Waals surface area contributed by atoms with Gasteiger partial charge in [0.15, 0.2) is 0 Å². The summed E-state index contributed by atoms with van der Waals surface area (Å²) in [5.41, 5.74) is 0. The molecule has 0 aromatic carbocycles. The first kappa shape index (κ1) is 16.9. The lowest BCUT2D eigenvalue weighted by Gasteiger charge is -2.25. The number of hydrogen-bond acceptors (Lipinski definition) is 5. The molecule has 2 atom stereocenters. The van der Waals surface area contributed by atoms with Crippen LogP contribution < -0.4 is 5.32 Å². The Morgan fingerprint density at radius 1 is 1.48 bits per heavy atom. The molecule has 0 amide bonds. The van der Waals surface area contributed by atoms with Crippen molar-refractivity contribution in [2.24, 2.45) is 0 Å². The lowest BCUT2D eigenvalue weighted by Crippen LogP contribution is -2.40. The van der Waals surface area contributed by atoms with Crippen molar-refractivity contribution in [3.63, 3.8) is 0 Å². The average molecular weight is 332 g/mol. The van der Waals surface area contributed by atoms with E-state index in [1.54, 1.807) is 13.1 Å². The number of rotatable bonds is 6. The van der Waals surface area contributed by atoms with Crippen molar-refractivity contribution in [1.29, 1.82) is 0 Å². The summed E-state index contributed by atoms with van der Waals surface area (Å²) in [7, 11) is -1.78. The molecule has 0 radical (unpaired) electrons. The fourth-order valence-corrected chi connectivity index (χ4v) is 5.35. The van der Waals surface area contributed by atoms with Crippen LogP contribution in [-0.2, 0) is 21.3 Å². The van der Waals surface area contributed by atoms with Crippen molar-refractivity contribution in [2.45, 2.75) is 56.1 Å². The Hall–Kier alpha value is -0.470. The maximum atomic E-state index is 12.7. The van der Waals surface area contributed by atoms with Crippen LogP contribution in [0.4, 0.5) is 0 Å². The van der Waals surface area contributed by atoms with Gasteiger partial charge in [0.25, 0.3) is 10.0 Å². The topological polar surface area (TPSA) is 58.6 Å². The summed E-state index contributed by atoms with van der Waals surface area (Å²) in [5.74, 6) is 0. The Morgan fingerprint density at radius 3 is 2.76 bits per heavy atom. The molecule has 1 aliphatic rings. The first-order valence-electron chi connectivity index (χ1n) is 7.24. The molecule has 1 aliphatic heterocycles. The van der Waals surface area contributed by atoms with Crippen LogP contribution in [0, 0.1) is 0 Å². The number of ether oxygens (including phenoxy) is 1. The molecule has 1 saturated heterocycles. The Balaban J connectivity index is 2.12. The number of likely N-dealkylation sites (N-methyl/N-ethyl adjacent to an activating group) is 1. The SMILES string of the molecule is CC(C)NCc1ccc(S(=O)(=O)N(C)C2CCOC2C)s1. The number of nitrogens with one attached hydrogen (secondary N) is 1. The van der Waals surface area contributed by atoms with Gasteiger partial charge in [0, 0.05) is 31.1 Å². The van der Waals surface area contributed by atoms with E-state index in [1.807, 2.05) is 13.0 Å². The van der Waals surface area contributed by atoms with E-state index < -0.39 is 10.0 Å². The summed E-state index contributed by atoms with van der Waals surface area (Å²) < 4.78 is 32.7. The third-order valence-corrected chi connectivity index (χ3v) is 7.19. The fourth-order valence-electron chi connectivity index (χ4n) is 2.41. The molecule has 0 aliphatic carbocycles. The molecule has 0 saturated carbocycles. The van der Waals surface area contributed by atoms with Gasteiger partial charge in [-0.3, -0.25) is 0 Å². The summed E-state index contributed by atoms with van der Waals surface area (Å²) in [5, 5.41) is 3.30. The van der Waals surface area contributed by atoms with Gasteiger partial charge in [-0.15, -0.1) is 11.3 Å². The normalized spacial score (nSPS) is 23.3. The second-order valence-corrected chi connectivity index (χ2v) is 9.10. The van der Waals surface area contributed by atoms with Crippen LogP contribution >= 0.6 is 11.3 Å². The summed E-state index contributed by atoms with van der Waals surface area (Å²) in [4.78, 5) is 1.03. The lowest BCUT2D eigenvalue weighted by atomic mass is 10.2. The highest BCUT2D eigenvalue weighted by molar-refractivity contribution is 7.91. The largest absolute Gasteiger partial charge is 0.377 e. The van der Waals surface area contributed by atoms with E-state index in [0.29, 0.717) is 23.4 Å². The molecule has 7 heteroatoms. The zero-order chi connectivity index (χ0) is 15.6. The minimum absolute atomic E-state index is 0.0492. The van der Waals surface area contributed by atoms with E-state index >= 15 is 0 Å². The van der Waals surface area contributed by atoms with Crippen LogP contribution in [0.1, 0.15) is 32.1 Å². The molecule has 0 bridgehead atoms. The molecule has 2 rings (SSSR count). The minimum Gasteiger partial charge on any atom is -0.377 e. The summed E-state index contributed by atoms with van der Waals surface area (Å²) in [6.07, 6.45) is 0.705. The Kier molecular flexibility index (Phi) is 5.43. The molecule has 1 aromatic heterocycles. The van der Waals surface area contributed by atoms with Crippen LogP contribution in [-0.4, -0.2) is 44.6 Å². The van der Waals surface area contributed by atoms with Crippen molar-refractivity contribution in [3.8, 4) is 0 Å². The Bertz CT molecular complexity index is 569. The molecule has 5 nitrogen and oxygen atoms in total. The van der Waals surface area contributed by atoms with E-state index in [2.05, 4.69) is 19.2 Å². The third-order valence-electron chi connectivity index (χ3n) is 3.76. The quantitative estimate of drug-likeness (QED) is 0.866. The van der Waals surface area contributed by atoms with E-state index in [-0.39, 0.29) is 12.1 Å². The number of nitrogens with zero attached hydrogens (tertiary/aromatic N) is 1. The zero-order valence-electron chi connectivity index (χ0n) is 13.0. The molecule has 0 spiro atoms. The van der Waals surface area contributed by atoms with E-state index in [9.17, 15) is 8.42 Å². The predicted molar refractivity (Wildman–Crippen MR) is 85.1 cm³/mol. The molecule has 120 valence electrons. The van der Waals surface area contributed by atoms with Gasteiger partial charge in [-0.1, -0.05) is 13.8 Å². The predicted octanol–water partition coefficient (Wildman–Crippen LogP) is 2.04. The van der Waals surface area contributed by atoms with Crippen molar-refractivity contribution in [3.05, 3.63) is 17.0 Å². The number of hydrogen-bond donors (Lipinski definition) is 1. The van der Waals surface area contributed by atoms with Crippen LogP contribution in [0.3, 0.4) is 0 Å².